The smallest absolute Gasteiger partial charge is 0.344 e. The van der Waals surface area contributed by atoms with Crippen molar-refractivity contribution in [1.29, 1.82) is 0 Å². The Bertz CT molecular complexity index is 802. The SMILES string of the molecule is Cc1cc(OCC(=O)O[C@@H](C)C(=O)N[C@H]2CCS(=O)(=O)C2)ccc1C(C)C. The number of esters is 1. The molecule has 0 aliphatic carbocycles. The number of nitrogens with one attached hydrogen (secondary N) is 1. The molecule has 0 spiro atoms. The minimum atomic E-state index is -3.08. The number of benzene rings is 1. The molecule has 0 aromatic heterocycles. The summed E-state index contributed by atoms with van der Waals surface area (Å²) in [5.74, 6) is -0.228. The second kappa shape index (κ2) is 8.73. The standard InChI is InChI=1S/C19H27NO6S/c1-12(2)17-6-5-16(9-13(17)3)25-10-18(21)26-14(4)19(22)20-15-7-8-27(23,24)11-15/h5-6,9,12,14-15H,7-8,10-11H2,1-4H3,(H,20,22)/t14-,15-/m0/s1. The Morgan fingerprint density at radius 2 is 1.96 bits per heavy atom. The molecule has 150 valence electrons. The van der Waals surface area contributed by atoms with E-state index in [4.69, 9.17) is 9.47 Å². The molecular formula is C19H27NO6S. The van der Waals surface area contributed by atoms with Gasteiger partial charge in [-0.1, -0.05) is 19.9 Å². The fourth-order valence-electron chi connectivity index (χ4n) is 3.04. The number of sulfone groups is 1. The summed E-state index contributed by atoms with van der Waals surface area (Å²) in [4.78, 5) is 24.0. The molecule has 1 N–H and O–H groups in total. The van der Waals surface area contributed by atoms with Crippen LogP contribution in [0.4, 0.5) is 0 Å². The zero-order valence-corrected chi connectivity index (χ0v) is 17.0. The van der Waals surface area contributed by atoms with E-state index >= 15 is 0 Å². The number of amides is 1. The molecule has 0 radical (unpaired) electrons. The van der Waals surface area contributed by atoms with Gasteiger partial charge in [0, 0.05) is 6.04 Å². The summed E-state index contributed by atoms with van der Waals surface area (Å²) in [6.07, 6.45) is -0.640. The van der Waals surface area contributed by atoms with Gasteiger partial charge in [-0.15, -0.1) is 0 Å². The van der Waals surface area contributed by atoms with E-state index < -0.39 is 33.9 Å². The molecule has 1 aliphatic rings. The largest absolute Gasteiger partial charge is 0.482 e. The van der Waals surface area contributed by atoms with Crippen LogP contribution in [-0.4, -0.2) is 50.6 Å². The quantitative estimate of drug-likeness (QED) is 0.704. The van der Waals surface area contributed by atoms with Gasteiger partial charge in [-0.25, -0.2) is 13.2 Å². The number of rotatable bonds is 7. The highest BCUT2D eigenvalue weighted by atomic mass is 32.2. The number of carbonyl (C=O) groups excluding carboxylic acids is 2. The molecule has 27 heavy (non-hydrogen) atoms. The van der Waals surface area contributed by atoms with E-state index in [1.165, 1.54) is 12.5 Å². The molecule has 0 bridgehead atoms. The zero-order chi connectivity index (χ0) is 20.2. The summed E-state index contributed by atoms with van der Waals surface area (Å²) >= 11 is 0. The molecule has 0 unspecified atom stereocenters. The van der Waals surface area contributed by atoms with Gasteiger partial charge in [-0.2, -0.15) is 0 Å². The highest BCUT2D eigenvalue weighted by Crippen LogP contribution is 2.23. The normalized spacial score (nSPS) is 19.5. The summed E-state index contributed by atoms with van der Waals surface area (Å²) in [6, 6.07) is 5.19. The van der Waals surface area contributed by atoms with E-state index in [9.17, 15) is 18.0 Å². The Hall–Kier alpha value is -2.09. The van der Waals surface area contributed by atoms with Crippen molar-refractivity contribution in [3.8, 4) is 5.75 Å². The van der Waals surface area contributed by atoms with Crippen LogP contribution >= 0.6 is 0 Å². The second-order valence-corrected chi connectivity index (χ2v) is 9.43. The Balaban J connectivity index is 1.79. The van der Waals surface area contributed by atoms with Crippen LogP contribution < -0.4 is 10.1 Å². The molecule has 1 aromatic rings. The fraction of sp³-hybridized carbons (Fsp3) is 0.579. The number of carbonyl (C=O) groups is 2. The first kappa shape index (κ1) is 21.2. The Labute approximate surface area is 160 Å². The molecule has 2 atom stereocenters. The molecule has 1 aromatic carbocycles. The van der Waals surface area contributed by atoms with Crippen LogP contribution in [-0.2, 0) is 24.2 Å². The molecular weight excluding hydrogens is 370 g/mol. The van der Waals surface area contributed by atoms with Gasteiger partial charge in [0.25, 0.3) is 5.91 Å². The van der Waals surface area contributed by atoms with Crippen LogP contribution in [0.5, 0.6) is 5.75 Å². The third-order valence-electron chi connectivity index (χ3n) is 4.48. The number of ether oxygens (including phenoxy) is 2. The van der Waals surface area contributed by atoms with Gasteiger partial charge < -0.3 is 14.8 Å². The maximum absolute atomic E-state index is 12.0. The molecule has 0 saturated carbocycles. The predicted molar refractivity (Wildman–Crippen MR) is 102 cm³/mol. The first-order valence-corrected chi connectivity index (χ1v) is 10.8. The van der Waals surface area contributed by atoms with Gasteiger partial charge in [0.1, 0.15) is 5.75 Å². The zero-order valence-electron chi connectivity index (χ0n) is 16.2. The molecule has 1 heterocycles. The van der Waals surface area contributed by atoms with Crippen molar-refractivity contribution in [2.75, 3.05) is 18.1 Å². The van der Waals surface area contributed by atoms with Gasteiger partial charge in [0.15, 0.2) is 22.5 Å². The van der Waals surface area contributed by atoms with Crippen molar-refractivity contribution in [2.45, 2.75) is 52.2 Å². The molecule has 8 heteroatoms. The highest BCUT2D eigenvalue weighted by Gasteiger charge is 2.30. The lowest BCUT2D eigenvalue weighted by Crippen LogP contribution is -2.43. The van der Waals surface area contributed by atoms with Crippen molar-refractivity contribution in [1.82, 2.24) is 5.32 Å². The molecule has 2 rings (SSSR count). The summed E-state index contributed by atoms with van der Waals surface area (Å²) in [7, 11) is -3.08. The third-order valence-corrected chi connectivity index (χ3v) is 6.24. The van der Waals surface area contributed by atoms with Crippen molar-refractivity contribution >= 4 is 21.7 Å². The molecule has 1 saturated heterocycles. The van der Waals surface area contributed by atoms with Crippen LogP contribution in [0, 0.1) is 6.92 Å². The van der Waals surface area contributed by atoms with Crippen LogP contribution in [0.1, 0.15) is 44.2 Å². The average Bonchev–Trinajstić information content (AvgIpc) is 2.91. The minimum Gasteiger partial charge on any atom is -0.482 e. The molecule has 7 nitrogen and oxygen atoms in total. The van der Waals surface area contributed by atoms with Crippen LogP contribution in [0.2, 0.25) is 0 Å². The number of hydrogen-bond acceptors (Lipinski definition) is 6. The lowest BCUT2D eigenvalue weighted by molar-refractivity contribution is -0.156. The number of aryl methyl sites for hydroxylation is 1. The summed E-state index contributed by atoms with van der Waals surface area (Å²) in [5.41, 5.74) is 2.29. The molecule has 1 amide bonds. The van der Waals surface area contributed by atoms with E-state index in [1.807, 2.05) is 19.1 Å². The predicted octanol–water partition coefficient (Wildman–Crippen LogP) is 1.73. The maximum atomic E-state index is 12.0. The monoisotopic (exact) mass is 397 g/mol. The van der Waals surface area contributed by atoms with E-state index in [0.717, 1.165) is 5.56 Å². The van der Waals surface area contributed by atoms with Gasteiger partial charge in [0.2, 0.25) is 0 Å². The first-order valence-electron chi connectivity index (χ1n) is 9.01. The lowest BCUT2D eigenvalue weighted by atomic mass is 9.98. The van der Waals surface area contributed by atoms with E-state index in [-0.39, 0.29) is 18.1 Å². The first-order chi connectivity index (χ1) is 12.6. The topological polar surface area (TPSA) is 98.8 Å². The summed E-state index contributed by atoms with van der Waals surface area (Å²) < 4.78 is 33.3. The van der Waals surface area contributed by atoms with Gasteiger partial charge >= 0.3 is 5.97 Å². The van der Waals surface area contributed by atoms with E-state index in [1.54, 1.807) is 6.07 Å². The molecule has 1 aliphatic heterocycles. The maximum Gasteiger partial charge on any atom is 0.344 e. The van der Waals surface area contributed by atoms with Crippen molar-refractivity contribution in [3.63, 3.8) is 0 Å². The van der Waals surface area contributed by atoms with Crippen molar-refractivity contribution < 1.29 is 27.5 Å². The van der Waals surface area contributed by atoms with Gasteiger partial charge in [0.05, 0.1) is 11.5 Å². The van der Waals surface area contributed by atoms with E-state index in [2.05, 4.69) is 19.2 Å². The van der Waals surface area contributed by atoms with Crippen LogP contribution in [0.3, 0.4) is 0 Å². The second-order valence-electron chi connectivity index (χ2n) is 7.20. The average molecular weight is 397 g/mol. The Morgan fingerprint density at radius 1 is 1.26 bits per heavy atom. The van der Waals surface area contributed by atoms with Crippen LogP contribution in [0.25, 0.3) is 0 Å². The Kier molecular flexibility index (Phi) is 6.86. The molecule has 1 fully saturated rings. The number of hydrogen-bond donors (Lipinski definition) is 1. The lowest BCUT2D eigenvalue weighted by Gasteiger charge is -2.17. The van der Waals surface area contributed by atoms with Gasteiger partial charge in [-0.05, 0) is 49.4 Å². The van der Waals surface area contributed by atoms with Crippen LogP contribution in [0.15, 0.2) is 18.2 Å². The van der Waals surface area contributed by atoms with Crippen molar-refractivity contribution in [3.05, 3.63) is 29.3 Å². The summed E-state index contributed by atoms with van der Waals surface area (Å²) in [6.45, 7) is 7.33. The minimum absolute atomic E-state index is 0.0645. The fourth-order valence-corrected chi connectivity index (χ4v) is 4.71. The third kappa shape index (κ3) is 6.23. The highest BCUT2D eigenvalue weighted by molar-refractivity contribution is 7.91. The Morgan fingerprint density at radius 3 is 2.52 bits per heavy atom. The van der Waals surface area contributed by atoms with Crippen molar-refractivity contribution in [2.24, 2.45) is 0 Å². The van der Waals surface area contributed by atoms with Gasteiger partial charge in [-0.3, -0.25) is 4.79 Å². The van der Waals surface area contributed by atoms with E-state index in [0.29, 0.717) is 18.1 Å². The summed E-state index contributed by atoms with van der Waals surface area (Å²) in [5, 5.41) is 2.60.